The lowest BCUT2D eigenvalue weighted by atomic mass is 9.51. The van der Waals surface area contributed by atoms with Crippen LogP contribution in [0.5, 0.6) is 11.5 Å². The molecule has 5 atom stereocenters. The van der Waals surface area contributed by atoms with Crippen molar-refractivity contribution in [2.75, 3.05) is 13.1 Å². The van der Waals surface area contributed by atoms with Gasteiger partial charge in [0.15, 0.2) is 11.5 Å². The molecular weight excluding hydrogens is 338 g/mol. The second-order valence-electron chi connectivity index (χ2n) is 9.17. The number of aliphatic hydroxyl groups is 1. The summed E-state index contributed by atoms with van der Waals surface area (Å²) in [4.78, 5) is 2.36. The highest BCUT2D eigenvalue weighted by Crippen LogP contribution is 2.63. The fourth-order valence-electron chi connectivity index (χ4n) is 6.36. The maximum Gasteiger partial charge on any atom is 0.165 e. The number of rotatable bonds is 5. The maximum absolute atomic E-state index is 12.0. The normalized spacial score (nSPS) is 35.6. The van der Waals surface area contributed by atoms with Crippen LogP contribution in [-0.4, -0.2) is 45.9 Å². The molecule has 1 spiro atoms. The van der Waals surface area contributed by atoms with Crippen molar-refractivity contribution < 1.29 is 14.9 Å². The molecule has 4 rings (SSSR count). The van der Waals surface area contributed by atoms with E-state index in [1.807, 2.05) is 19.1 Å². The molecule has 0 radical (unpaired) electrons. The summed E-state index contributed by atoms with van der Waals surface area (Å²) in [5.41, 5.74) is 0.898. The van der Waals surface area contributed by atoms with E-state index in [4.69, 9.17) is 4.74 Å². The van der Waals surface area contributed by atoms with Crippen molar-refractivity contribution in [3.8, 4) is 11.5 Å². The van der Waals surface area contributed by atoms with Crippen molar-refractivity contribution in [3.63, 3.8) is 0 Å². The van der Waals surface area contributed by atoms with E-state index in [1.165, 1.54) is 5.56 Å². The Morgan fingerprint density at radius 1 is 1.41 bits per heavy atom. The first kappa shape index (κ1) is 18.8. The first-order chi connectivity index (χ1) is 12.8. The van der Waals surface area contributed by atoms with Gasteiger partial charge in [-0.1, -0.05) is 32.9 Å². The summed E-state index contributed by atoms with van der Waals surface area (Å²) >= 11 is 0. The number of fused-ring (bicyclic) bond motifs is 1. The quantitative estimate of drug-likeness (QED) is 0.776. The Hall–Kier alpha value is -1.52. The third-order valence-corrected chi connectivity index (χ3v) is 7.68. The van der Waals surface area contributed by atoms with Crippen LogP contribution >= 0.6 is 0 Å². The monoisotopic (exact) mass is 371 g/mol. The molecule has 1 aliphatic carbocycles. The molecule has 1 fully saturated rings. The number of hydrogen-bond acceptors (Lipinski definition) is 4. The summed E-state index contributed by atoms with van der Waals surface area (Å²) in [5, 5.41) is 22.6. The molecule has 2 bridgehead atoms. The summed E-state index contributed by atoms with van der Waals surface area (Å²) in [6.45, 7) is 14.3. The van der Waals surface area contributed by atoms with Crippen LogP contribution in [0.25, 0.3) is 0 Å². The molecular formula is C23H33NO3. The molecule has 0 amide bonds. The standard InChI is InChI=1S/C23H33NO3/c1-6-11-24-12-10-23-19-15(13-18(24)22(23,5)26)8-9-17(25)20(19)27-21(23)16(7-2)14(3)4/h6,8-9,14,16,18,21,25-26H,1,7,10-13H2,2-5H3. The van der Waals surface area contributed by atoms with Crippen molar-refractivity contribution in [1.29, 1.82) is 0 Å². The molecule has 2 aliphatic heterocycles. The fourth-order valence-corrected chi connectivity index (χ4v) is 6.36. The highest BCUT2D eigenvalue weighted by molar-refractivity contribution is 5.61. The number of aromatic hydroxyl groups is 1. The number of phenols is 1. The van der Waals surface area contributed by atoms with Crippen LogP contribution in [0.3, 0.4) is 0 Å². The highest BCUT2D eigenvalue weighted by atomic mass is 16.5. The Labute approximate surface area is 162 Å². The van der Waals surface area contributed by atoms with Gasteiger partial charge in [0.05, 0.1) is 11.0 Å². The Morgan fingerprint density at radius 2 is 2.15 bits per heavy atom. The average molecular weight is 372 g/mol. The van der Waals surface area contributed by atoms with E-state index in [0.29, 0.717) is 17.6 Å². The minimum atomic E-state index is -0.923. The van der Waals surface area contributed by atoms with Gasteiger partial charge in [-0.05, 0) is 56.2 Å². The largest absolute Gasteiger partial charge is 0.504 e. The molecule has 1 saturated heterocycles. The average Bonchev–Trinajstić information content (AvgIpc) is 2.93. The summed E-state index contributed by atoms with van der Waals surface area (Å²) in [5.74, 6) is 1.59. The van der Waals surface area contributed by atoms with Gasteiger partial charge in [0.2, 0.25) is 0 Å². The molecule has 4 heteroatoms. The third kappa shape index (κ3) is 2.29. The Balaban J connectivity index is 1.95. The fraction of sp³-hybridized carbons (Fsp3) is 0.652. The van der Waals surface area contributed by atoms with Gasteiger partial charge in [0, 0.05) is 18.2 Å². The van der Waals surface area contributed by atoms with E-state index in [-0.39, 0.29) is 17.9 Å². The molecule has 148 valence electrons. The zero-order valence-electron chi connectivity index (χ0n) is 17.0. The number of hydrogen-bond donors (Lipinski definition) is 2. The SMILES string of the molecule is C=CCN1CCC23c4c(ccc(O)c4OC2C(CC)C(C)C)CC1C3(C)O. The van der Waals surface area contributed by atoms with Gasteiger partial charge in [-0.2, -0.15) is 0 Å². The second kappa shape index (κ2) is 6.25. The van der Waals surface area contributed by atoms with Crippen molar-refractivity contribution in [2.45, 2.75) is 70.1 Å². The first-order valence-corrected chi connectivity index (χ1v) is 10.4. The lowest BCUT2D eigenvalue weighted by molar-refractivity contribution is -0.162. The van der Waals surface area contributed by atoms with E-state index < -0.39 is 11.0 Å². The van der Waals surface area contributed by atoms with Crippen molar-refractivity contribution in [3.05, 3.63) is 35.9 Å². The Morgan fingerprint density at radius 3 is 2.78 bits per heavy atom. The van der Waals surface area contributed by atoms with Gasteiger partial charge in [-0.15, -0.1) is 6.58 Å². The number of nitrogens with zero attached hydrogens (tertiary/aromatic N) is 1. The molecule has 2 heterocycles. The summed E-state index contributed by atoms with van der Waals surface area (Å²) in [6, 6.07) is 3.82. The Bertz CT molecular complexity index is 756. The minimum Gasteiger partial charge on any atom is -0.504 e. The van der Waals surface area contributed by atoms with Crippen LogP contribution in [-0.2, 0) is 11.8 Å². The number of phenolic OH excluding ortho intramolecular Hbond substituents is 1. The number of piperidine rings is 1. The van der Waals surface area contributed by atoms with Crippen LogP contribution in [0, 0.1) is 11.8 Å². The predicted molar refractivity (Wildman–Crippen MR) is 107 cm³/mol. The zero-order valence-corrected chi connectivity index (χ0v) is 17.0. The molecule has 3 aliphatic rings. The zero-order chi connectivity index (χ0) is 19.6. The van der Waals surface area contributed by atoms with E-state index >= 15 is 0 Å². The highest BCUT2D eigenvalue weighted by Gasteiger charge is 2.69. The molecule has 1 aromatic rings. The van der Waals surface area contributed by atoms with Crippen molar-refractivity contribution >= 4 is 0 Å². The first-order valence-electron chi connectivity index (χ1n) is 10.4. The molecule has 5 unspecified atom stereocenters. The van der Waals surface area contributed by atoms with Gasteiger partial charge < -0.3 is 14.9 Å². The van der Waals surface area contributed by atoms with E-state index in [9.17, 15) is 10.2 Å². The van der Waals surface area contributed by atoms with Gasteiger partial charge in [0.1, 0.15) is 6.10 Å². The van der Waals surface area contributed by atoms with Crippen LogP contribution in [0.2, 0.25) is 0 Å². The molecule has 2 N–H and O–H groups in total. The van der Waals surface area contributed by atoms with Gasteiger partial charge in [-0.3, -0.25) is 4.90 Å². The molecule has 0 aromatic heterocycles. The Kier molecular flexibility index (Phi) is 4.36. The number of likely N-dealkylation sites (tertiary alicyclic amines) is 1. The maximum atomic E-state index is 12.0. The summed E-state index contributed by atoms with van der Waals surface area (Å²) in [7, 11) is 0. The predicted octanol–water partition coefficient (Wildman–Crippen LogP) is 3.64. The van der Waals surface area contributed by atoms with E-state index in [2.05, 4.69) is 32.3 Å². The van der Waals surface area contributed by atoms with Gasteiger partial charge in [-0.25, -0.2) is 0 Å². The van der Waals surface area contributed by atoms with Crippen LogP contribution in [0.15, 0.2) is 24.8 Å². The van der Waals surface area contributed by atoms with Crippen molar-refractivity contribution in [2.24, 2.45) is 11.8 Å². The topological polar surface area (TPSA) is 52.9 Å². The molecule has 0 saturated carbocycles. The number of benzene rings is 1. The molecule has 1 aromatic carbocycles. The van der Waals surface area contributed by atoms with Crippen molar-refractivity contribution in [1.82, 2.24) is 4.90 Å². The van der Waals surface area contributed by atoms with Crippen LogP contribution < -0.4 is 4.74 Å². The number of ether oxygens (including phenoxy) is 1. The summed E-state index contributed by atoms with van der Waals surface area (Å²) in [6.07, 6.45) is 4.41. The minimum absolute atomic E-state index is 0.0306. The van der Waals surface area contributed by atoms with Crippen LogP contribution in [0.1, 0.15) is 51.7 Å². The van der Waals surface area contributed by atoms with E-state index in [1.54, 1.807) is 6.07 Å². The van der Waals surface area contributed by atoms with Gasteiger partial charge in [0.25, 0.3) is 0 Å². The lowest BCUT2D eigenvalue weighted by Crippen LogP contribution is -2.73. The smallest absolute Gasteiger partial charge is 0.165 e. The molecule has 27 heavy (non-hydrogen) atoms. The second-order valence-corrected chi connectivity index (χ2v) is 9.17. The van der Waals surface area contributed by atoms with Crippen LogP contribution in [0.4, 0.5) is 0 Å². The molecule has 4 nitrogen and oxygen atoms in total. The van der Waals surface area contributed by atoms with E-state index in [0.717, 1.165) is 37.9 Å². The summed E-state index contributed by atoms with van der Waals surface area (Å²) < 4.78 is 6.54. The lowest BCUT2D eigenvalue weighted by Gasteiger charge is -2.60. The van der Waals surface area contributed by atoms with Gasteiger partial charge >= 0.3 is 0 Å². The third-order valence-electron chi connectivity index (χ3n) is 7.68.